The van der Waals surface area contributed by atoms with Gasteiger partial charge in [0.25, 0.3) is 0 Å². The van der Waals surface area contributed by atoms with E-state index < -0.39 is 11.8 Å². The fourth-order valence-electron chi connectivity index (χ4n) is 1.72. The predicted molar refractivity (Wildman–Crippen MR) is 68.6 cm³/mol. The molecule has 2 rings (SSSR count). The van der Waals surface area contributed by atoms with Crippen molar-refractivity contribution in [3.8, 4) is 0 Å². The Labute approximate surface area is 107 Å². The second-order valence-electron chi connectivity index (χ2n) is 3.63. The summed E-state index contributed by atoms with van der Waals surface area (Å²) in [4.78, 5) is 11.3. The number of ether oxygens (including phenoxy) is 1. The van der Waals surface area contributed by atoms with Crippen molar-refractivity contribution >= 4 is 27.4 Å². The Morgan fingerprint density at radius 2 is 2.33 bits per heavy atom. The van der Waals surface area contributed by atoms with Crippen molar-refractivity contribution in [2.24, 2.45) is 0 Å². The van der Waals surface area contributed by atoms with Crippen LogP contribution < -0.4 is 0 Å². The van der Waals surface area contributed by atoms with Gasteiger partial charge >= 0.3 is 5.97 Å². The van der Waals surface area contributed by atoms with E-state index >= 15 is 0 Å². The summed E-state index contributed by atoms with van der Waals surface area (Å²) in [6, 6.07) is 4.58. The molecular formula is C13H11FO3S. The molecule has 1 aromatic heterocycles. The Morgan fingerprint density at radius 1 is 1.56 bits per heavy atom. The molecule has 0 aliphatic heterocycles. The van der Waals surface area contributed by atoms with Gasteiger partial charge in [-0.15, -0.1) is 17.9 Å². The van der Waals surface area contributed by atoms with Gasteiger partial charge in [0.1, 0.15) is 10.7 Å². The molecule has 2 aromatic rings. The number of benzene rings is 1. The molecule has 94 valence electrons. The van der Waals surface area contributed by atoms with E-state index in [0.717, 1.165) is 11.3 Å². The minimum absolute atomic E-state index is 0.0641. The number of carbonyl (C=O) groups is 1. The van der Waals surface area contributed by atoms with Crippen molar-refractivity contribution in [3.05, 3.63) is 47.1 Å². The summed E-state index contributed by atoms with van der Waals surface area (Å²) in [6.45, 7) is 3.86. The number of hydrogen-bond donors (Lipinski definition) is 1. The summed E-state index contributed by atoms with van der Waals surface area (Å²) in [5.74, 6) is -1.48. The Bertz CT molecular complexity index is 604. The molecule has 1 heterocycles. The van der Waals surface area contributed by atoms with Gasteiger partial charge in [0.15, 0.2) is 0 Å². The standard InChI is InChI=1S/C13H11FO3S/c1-2-6-17-7-8-11-9(14)4-3-5-10(11)18-12(8)13(15)16/h2-5H,1,6-7H2,(H,15,16). The summed E-state index contributed by atoms with van der Waals surface area (Å²) in [7, 11) is 0. The zero-order valence-corrected chi connectivity index (χ0v) is 10.3. The van der Waals surface area contributed by atoms with Crippen LogP contribution in [0.2, 0.25) is 0 Å². The lowest BCUT2D eigenvalue weighted by molar-refractivity contribution is 0.0696. The molecule has 0 atom stereocenters. The molecule has 0 bridgehead atoms. The molecule has 0 unspecified atom stereocenters. The lowest BCUT2D eigenvalue weighted by atomic mass is 10.1. The van der Waals surface area contributed by atoms with Gasteiger partial charge in [-0.05, 0) is 12.1 Å². The van der Waals surface area contributed by atoms with Crippen LogP contribution in [0.15, 0.2) is 30.9 Å². The zero-order valence-electron chi connectivity index (χ0n) is 9.48. The molecular weight excluding hydrogens is 255 g/mol. The van der Waals surface area contributed by atoms with Gasteiger partial charge in [0, 0.05) is 15.6 Å². The number of carboxylic acid groups (broad SMARTS) is 1. The first-order valence-corrected chi connectivity index (χ1v) is 6.08. The molecule has 18 heavy (non-hydrogen) atoms. The average Bonchev–Trinajstić information content (AvgIpc) is 2.70. The minimum atomic E-state index is -1.06. The molecule has 0 spiro atoms. The fourth-order valence-corrected chi connectivity index (χ4v) is 2.78. The lowest BCUT2D eigenvalue weighted by Crippen LogP contribution is -2.01. The average molecular weight is 266 g/mol. The number of carboxylic acids is 1. The monoisotopic (exact) mass is 266 g/mol. The second kappa shape index (κ2) is 5.29. The molecule has 0 radical (unpaired) electrons. The molecule has 3 nitrogen and oxygen atoms in total. The Kier molecular flexibility index (Phi) is 3.74. The number of thiophene rings is 1. The van der Waals surface area contributed by atoms with Crippen LogP contribution in [0.4, 0.5) is 4.39 Å². The summed E-state index contributed by atoms with van der Waals surface area (Å²) >= 11 is 1.06. The van der Waals surface area contributed by atoms with E-state index in [9.17, 15) is 9.18 Å². The first-order valence-electron chi connectivity index (χ1n) is 5.27. The van der Waals surface area contributed by atoms with E-state index in [1.54, 1.807) is 18.2 Å². The summed E-state index contributed by atoms with van der Waals surface area (Å²) in [5, 5.41) is 9.46. The third kappa shape index (κ3) is 2.27. The van der Waals surface area contributed by atoms with E-state index in [-0.39, 0.29) is 11.5 Å². The van der Waals surface area contributed by atoms with Crippen molar-refractivity contribution in [1.82, 2.24) is 0 Å². The highest BCUT2D eigenvalue weighted by atomic mass is 32.1. The Morgan fingerprint density at radius 3 is 3.00 bits per heavy atom. The summed E-state index contributed by atoms with van der Waals surface area (Å²) in [6.07, 6.45) is 1.56. The molecule has 0 saturated heterocycles. The number of rotatable bonds is 5. The van der Waals surface area contributed by atoms with Crippen LogP contribution in [0, 0.1) is 5.82 Å². The first-order chi connectivity index (χ1) is 8.65. The molecule has 1 N–H and O–H groups in total. The highest BCUT2D eigenvalue weighted by molar-refractivity contribution is 7.21. The van der Waals surface area contributed by atoms with Crippen molar-refractivity contribution in [1.29, 1.82) is 0 Å². The number of hydrogen-bond acceptors (Lipinski definition) is 3. The van der Waals surface area contributed by atoms with Gasteiger partial charge in [-0.25, -0.2) is 9.18 Å². The predicted octanol–water partition coefficient (Wildman–Crippen LogP) is 3.44. The maximum atomic E-state index is 13.8. The van der Waals surface area contributed by atoms with Crippen molar-refractivity contribution in [2.75, 3.05) is 6.61 Å². The third-order valence-electron chi connectivity index (χ3n) is 2.44. The highest BCUT2D eigenvalue weighted by Crippen LogP contribution is 2.33. The quantitative estimate of drug-likeness (QED) is 0.666. The van der Waals surface area contributed by atoms with Crippen LogP contribution >= 0.6 is 11.3 Å². The topological polar surface area (TPSA) is 46.5 Å². The Balaban J connectivity index is 2.54. The fraction of sp³-hybridized carbons (Fsp3) is 0.154. The molecule has 0 saturated carbocycles. The van der Waals surface area contributed by atoms with E-state index in [0.29, 0.717) is 22.3 Å². The van der Waals surface area contributed by atoms with Gasteiger partial charge in [0.05, 0.1) is 13.2 Å². The largest absolute Gasteiger partial charge is 0.477 e. The van der Waals surface area contributed by atoms with Gasteiger partial charge in [-0.1, -0.05) is 12.1 Å². The van der Waals surface area contributed by atoms with Crippen LogP contribution in [-0.4, -0.2) is 17.7 Å². The van der Waals surface area contributed by atoms with Crippen molar-refractivity contribution < 1.29 is 19.0 Å². The number of fused-ring (bicyclic) bond motifs is 1. The van der Waals surface area contributed by atoms with Gasteiger partial charge in [0.2, 0.25) is 0 Å². The first kappa shape index (κ1) is 12.7. The zero-order chi connectivity index (χ0) is 13.1. The maximum absolute atomic E-state index is 13.8. The normalized spacial score (nSPS) is 10.7. The van der Waals surface area contributed by atoms with E-state index in [1.807, 2.05) is 0 Å². The molecule has 0 aliphatic rings. The highest BCUT2D eigenvalue weighted by Gasteiger charge is 2.19. The van der Waals surface area contributed by atoms with Gasteiger partial charge in [-0.3, -0.25) is 0 Å². The van der Waals surface area contributed by atoms with E-state index in [1.165, 1.54) is 6.07 Å². The number of aromatic carboxylic acids is 1. The van der Waals surface area contributed by atoms with Crippen molar-refractivity contribution in [2.45, 2.75) is 6.61 Å². The van der Waals surface area contributed by atoms with Crippen LogP contribution in [0.1, 0.15) is 15.2 Å². The van der Waals surface area contributed by atoms with Crippen LogP contribution in [-0.2, 0) is 11.3 Å². The van der Waals surface area contributed by atoms with Crippen LogP contribution in [0.25, 0.3) is 10.1 Å². The molecule has 0 aliphatic carbocycles. The SMILES string of the molecule is C=CCOCc1c(C(=O)O)sc2cccc(F)c12. The minimum Gasteiger partial charge on any atom is -0.477 e. The number of halogens is 1. The summed E-state index contributed by atoms with van der Waals surface area (Å²) < 4.78 is 19.6. The molecule has 0 fully saturated rings. The maximum Gasteiger partial charge on any atom is 0.346 e. The van der Waals surface area contributed by atoms with Crippen LogP contribution in [0.3, 0.4) is 0 Å². The molecule has 5 heteroatoms. The second-order valence-corrected chi connectivity index (χ2v) is 4.68. The van der Waals surface area contributed by atoms with E-state index in [2.05, 4.69) is 6.58 Å². The smallest absolute Gasteiger partial charge is 0.346 e. The van der Waals surface area contributed by atoms with E-state index in [4.69, 9.17) is 9.84 Å². The van der Waals surface area contributed by atoms with Crippen molar-refractivity contribution in [3.63, 3.8) is 0 Å². The van der Waals surface area contributed by atoms with Gasteiger partial charge < -0.3 is 9.84 Å². The van der Waals surface area contributed by atoms with Crippen LogP contribution in [0.5, 0.6) is 0 Å². The lowest BCUT2D eigenvalue weighted by Gasteiger charge is -2.02. The Hall–Kier alpha value is -1.72. The third-order valence-corrected chi connectivity index (χ3v) is 3.62. The summed E-state index contributed by atoms with van der Waals surface area (Å²) in [5.41, 5.74) is 0.391. The van der Waals surface area contributed by atoms with Gasteiger partial charge in [-0.2, -0.15) is 0 Å². The molecule has 0 amide bonds. The molecule has 1 aromatic carbocycles.